The summed E-state index contributed by atoms with van der Waals surface area (Å²) in [7, 11) is 1.73. The van der Waals surface area contributed by atoms with Crippen LogP contribution in [0.5, 0.6) is 0 Å². The number of anilines is 1. The minimum atomic E-state index is -0.476. The van der Waals surface area contributed by atoms with Crippen LogP contribution in [-0.2, 0) is 6.54 Å². The first-order valence-electron chi connectivity index (χ1n) is 9.69. The van der Waals surface area contributed by atoms with Gasteiger partial charge in [0.15, 0.2) is 0 Å². The fourth-order valence-corrected chi connectivity index (χ4v) is 3.62. The number of benzene rings is 2. The Labute approximate surface area is 175 Å². The van der Waals surface area contributed by atoms with Crippen molar-refractivity contribution >= 4 is 28.9 Å². The van der Waals surface area contributed by atoms with E-state index in [2.05, 4.69) is 10.2 Å². The topological polar surface area (TPSA) is 78.7 Å². The molecule has 1 fully saturated rings. The molecule has 2 aromatic rings. The molecule has 0 bridgehead atoms. The van der Waals surface area contributed by atoms with Gasteiger partial charge in [0.1, 0.15) is 5.69 Å². The maximum absolute atomic E-state index is 12.7. The molecular weight excluding hydrogens is 392 g/mol. The molecule has 1 aliphatic heterocycles. The second kappa shape index (κ2) is 9.71. The number of nitro groups is 1. The third-order valence-corrected chi connectivity index (χ3v) is 5.53. The third-order valence-electron chi connectivity index (χ3n) is 5.17. The van der Waals surface area contributed by atoms with E-state index in [1.54, 1.807) is 30.1 Å². The summed E-state index contributed by atoms with van der Waals surface area (Å²) in [5.41, 5.74) is 1.37. The second-order valence-electron chi connectivity index (χ2n) is 7.21. The molecule has 0 aromatic heterocycles. The minimum Gasteiger partial charge on any atom is -0.375 e. The summed E-state index contributed by atoms with van der Waals surface area (Å²) >= 11 is 6.14. The van der Waals surface area contributed by atoms with Crippen LogP contribution in [0, 0.1) is 10.1 Å². The summed E-state index contributed by atoms with van der Waals surface area (Å²) in [6.45, 7) is 3.91. The van der Waals surface area contributed by atoms with Gasteiger partial charge in [0, 0.05) is 43.3 Å². The highest BCUT2D eigenvalue weighted by Gasteiger charge is 2.20. The van der Waals surface area contributed by atoms with Crippen molar-refractivity contribution in [3.8, 4) is 0 Å². The van der Waals surface area contributed by atoms with Gasteiger partial charge in [-0.3, -0.25) is 14.9 Å². The first kappa shape index (κ1) is 21.1. The number of halogens is 1. The van der Waals surface area contributed by atoms with Gasteiger partial charge in [-0.05, 0) is 49.7 Å². The van der Waals surface area contributed by atoms with Gasteiger partial charge in [-0.1, -0.05) is 29.8 Å². The van der Waals surface area contributed by atoms with Crippen molar-refractivity contribution in [1.29, 1.82) is 0 Å². The maximum Gasteiger partial charge on any atom is 0.293 e. The van der Waals surface area contributed by atoms with Gasteiger partial charge in [0.25, 0.3) is 11.6 Å². The SMILES string of the molecule is CN(CCN1CCCC1)C(=O)c1ccc(NCc2ccccc2Cl)c([N+](=O)[O-])c1. The van der Waals surface area contributed by atoms with Gasteiger partial charge in [-0.2, -0.15) is 0 Å². The molecule has 1 saturated heterocycles. The Bertz CT molecular complexity index is 884. The summed E-state index contributed by atoms with van der Waals surface area (Å²) in [5.74, 6) is -0.218. The van der Waals surface area contributed by atoms with Gasteiger partial charge < -0.3 is 15.1 Å². The third kappa shape index (κ3) is 5.46. The van der Waals surface area contributed by atoms with Crippen LogP contribution in [0.3, 0.4) is 0 Å². The van der Waals surface area contributed by atoms with E-state index < -0.39 is 4.92 Å². The molecule has 0 spiro atoms. The monoisotopic (exact) mass is 416 g/mol. The van der Waals surface area contributed by atoms with E-state index in [1.807, 2.05) is 18.2 Å². The molecule has 29 heavy (non-hydrogen) atoms. The van der Waals surface area contributed by atoms with E-state index in [9.17, 15) is 14.9 Å². The molecule has 1 aliphatic rings. The van der Waals surface area contributed by atoms with Crippen LogP contribution in [-0.4, -0.2) is 53.9 Å². The molecule has 1 heterocycles. The summed E-state index contributed by atoms with van der Waals surface area (Å²) in [6.07, 6.45) is 2.40. The first-order chi connectivity index (χ1) is 14.0. The zero-order valence-electron chi connectivity index (χ0n) is 16.4. The fourth-order valence-electron chi connectivity index (χ4n) is 3.42. The number of hydrogen-bond acceptors (Lipinski definition) is 5. The Balaban J connectivity index is 1.68. The highest BCUT2D eigenvalue weighted by Crippen LogP contribution is 2.27. The number of nitro benzene ring substituents is 1. The van der Waals surface area contributed by atoms with Gasteiger partial charge in [-0.15, -0.1) is 0 Å². The predicted molar refractivity (Wildman–Crippen MR) is 115 cm³/mol. The van der Waals surface area contributed by atoms with E-state index in [4.69, 9.17) is 11.6 Å². The molecule has 0 radical (unpaired) electrons. The summed E-state index contributed by atoms with van der Waals surface area (Å²) in [6, 6.07) is 11.9. The lowest BCUT2D eigenvalue weighted by atomic mass is 10.1. The number of likely N-dealkylation sites (N-methyl/N-ethyl adjacent to an activating group) is 1. The molecule has 0 aliphatic carbocycles. The van der Waals surface area contributed by atoms with Crippen molar-refractivity contribution in [3.05, 3.63) is 68.7 Å². The molecule has 3 rings (SSSR count). The van der Waals surface area contributed by atoms with Crippen LogP contribution >= 0.6 is 11.6 Å². The minimum absolute atomic E-state index is 0.129. The Morgan fingerprint density at radius 3 is 2.66 bits per heavy atom. The van der Waals surface area contributed by atoms with Crippen molar-refractivity contribution in [2.24, 2.45) is 0 Å². The Hall–Kier alpha value is -2.64. The zero-order chi connectivity index (χ0) is 20.8. The average Bonchev–Trinajstić information content (AvgIpc) is 3.24. The standard InChI is InChI=1S/C21H25ClN4O3/c1-24(12-13-25-10-4-5-11-25)21(27)16-8-9-19(20(14-16)26(28)29)23-15-17-6-2-3-7-18(17)22/h2-3,6-9,14,23H,4-5,10-13,15H2,1H3. The van der Waals surface area contributed by atoms with E-state index in [1.165, 1.54) is 18.9 Å². The number of hydrogen-bond donors (Lipinski definition) is 1. The Kier molecular flexibility index (Phi) is 7.06. The van der Waals surface area contributed by atoms with Gasteiger partial charge >= 0.3 is 0 Å². The molecule has 8 heteroatoms. The number of carbonyl (C=O) groups is 1. The molecule has 0 atom stereocenters. The molecule has 154 valence electrons. The number of carbonyl (C=O) groups excluding carboxylic acids is 1. The van der Waals surface area contributed by atoms with Crippen molar-refractivity contribution < 1.29 is 9.72 Å². The van der Waals surface area contributed by atoms with Crippen LogP contribution in [0.1, 0.15) is 28.8 Å². The normalized spacial score (nSPS) is 14.0. The van der Waals surface area contributed by atoms with Crippen LogP contribution < -0.4 is 5.32 Å². The largest absolute Gasteiger partial charge is 0.375 e. The number of likely N-dealkylation sites (tertiary alicyclic amines) is 1. The molecule has 0 saturated carbocycles. The highest BCUT2D eigenvalue weighted by molar-refractivity contribution is 6.31. The Morgan fingerprint density at radius 1 is 1.24 bits per heavy atom. The molecule has 7 nitrogen and oxygen atoms in total. The maximum atomic E-state index is 12.7. The summed E-state index contributed by atoms with van der Waals surface area (Å²) < 4.78 is 0. The predicted octanol–water partition coefficient (Wildman–Crippen LogP) is 4.03. The van der Waals surface area contributed by atoms with Crippen LogP contribution in [0.4, 0.5) is 11.4 Å². The summed E-state index contributed by atoms with van der Waals surface area (Å²) in [4.78, 5) is 27.7. The number of nitrogens with one attached hydrogen (secondary N) is 1. The Morgan fingerprint density at radius 2 is 1.97 bits per heavy atom. The molecular formula is C21H25ClN4O3. The van der Waals surface area contributed by atoms with Crippen molar-refractivity contribution in [2.45, 2.75) is 19.4 Å². The molecule has 1 N–H and O–H groups in total. The highest BCUT2D eigenvalue weighted by atomic mass is 35.5. The zero-order valence-corrected chi connectivity index (χ0v) is 17.2. The van der Waals surface area contributed by atoms with E-state index in [0.29, 0.717) is 29.4 Å². The molecule has 0 unspecified atom stereocenters. The molecule has 1 amide bonds. The van der Waals surface area contributed by atoms with Gasteiger partial charge in [-0.25, -0.2) is 0 Å². The van der Waals surface area contributed by atoms with Crippen molar-refractivity contribution in [3.63, 3.8) is 0 Å². The molecule has 2 aromatic carbocycles. The van der Waals surface area contributed by atoms with Crippen LogP contribution in [0.2, 0.25) is 5.02 Å². The number of amides is 1. The first-order valence-corrected chi connectivity index (χ1v) is 10.1. The van der Waals surface area contributed by atoms with Crippen LogP contribution in [0.25, 0.3) is 0 Å². The smallest absolute Gasteiger partial charge is 0.293 e. The van der Waals surface area contributed by atoms with Crippen LogP contribution in [0.15, 0.2) is 42.5 Å². The lowest BCUT2D eigenvalue weighted by Crippen LogP contribution is -2.35. The van der Waals surface area contributed by atoms with E-state index in [-0.39, 0.29) is 11.6 Å². The fraction of sp³-hybridized carbons (Fsp3) is 0.381. The van der Waals surface area contributed by atoms with Gasteiger partial charge in [0.2, 0.25) is 0 Å². The quantitative estimate of drug-likeness (QED) is 0.519. The number of rotatable bonds is 8. The lowest BCUT2D eigenvalue weighted by Gasteiger charge is -2.21. The summed E-state index contributed by atoms with van der Waals surface area (Å²) in [5, 5.41) is 15.2. The number of nitrogens with zero attached hydrogens (tertiary/aromatic N) is 3. The second-order valence-corrected chi connectivity index (χ2v) is 7.62. The average molecular weight is 417 g/mol. The lowest BCUT2D eigenvalue weighted by molar-refractivity contribution is -0.384. The van der Waals surface area contributed by atoms with E-state index >= 15 is 0 Å². The van der Waals surface area contributed by atoms with Crippen molar-refractivity contribution in [1.82, 2.24) is 9.80 Å². The van der Waals surface area contributed by atoms with Crippen molar-refractivity contribution in [2.75, 3.05) is 38.5 Å². The van der Waals surface area contributed by atoms with Gasteiger partial charge in [0.05, 0.1) is 4.92 Å². The van der Waals surface area contributed by atoms with E-state index in [0.717, 1.165) is 25.2 Å².